The van der Waals surface area contributed by atoms with Crippen LogP contribution in [0.4, 0.5) is 13.2 Å². The van der Waals surface area contributed by atoms with E-state index in [1.807, 2.05) is 0 Å². The van der Waals surface area contributed by atoms with E-state index in [1.165, 1.54) is 0 Å². The third kappa shape index (κ3) is 1.86. The fourth-order valence-corrected chi connectivity index (χ4v) is 0.521. The Morgan fingerprint density at radius 1 is 1.33 bits per heavy atom. The molecule has 1 N–H and O–H groups in total. The number of hydrogen-bond donors (Lipinski definition) is 1. The van der Waals surface area contributed by atoms with Gasteiger partial charge in [0.05, 0.1) is 0 Å². The zero-order valence-electron chi connectivity index (χ0n) is 3.86. The maximum absolute atomic E-state index is 11.1. The normalized spacial score (nSPS) is 13.2. The van der Waals surface area contributed by atoms with Gasteiger partial charge in [0.15, 0.2) is 0 Å². The molecule has 0 amide bonds. The Morgan fingerprint density at radius 3 is 1.67 bits per heavy atom. The fraction of sp³-hybridized carbons (Fsp3) is 1.00. The minimum absolute atomic E-state index is 1.87. The van der Waals surface area contributed by atoms with Crippen LogP contribution in [-0.4, -0.2) is 22.4 Å². The van der Waals surface area contributed by atoms with Gasteiger partial charge in [0, 0.05) is 0 Å². The number of halogens is 3. The molecule has 0 aromatic rings. The van der Waals surface area contributed by atoms with Crippen LogP contribution < -0.4 is 0 Å². The van der Waals surface area contributed by atoms with E-state index >= 15 is 0 Å². The van der Waals surface area contributed by atoms with Crippen molar-refractivity contribution < 1.29 is 21.6 Å². The van der Waals surface area contributed by atoms with Crippen molar-refractivity contribution in [1.29, 1.82) is 5.05 Å². The molecular weight excluding hydrogens is 175 g/mol. The summed E-state index contributed by atoms with van der Waals surface area (Å²) in [6.07, 6.45) is 0. The van der Waals surface area contributed by atoms with Crippen LogP contribution in [0.15, 0.2) is 0 Å². The van der Waals surface area contributed by atoms with Gasteiger partial charge in [0.1, 0.15) is 0 Å². The van der Waals surface area contributed by atoms with Gasteiger partial charge < -0.3 is 5.05 Å². The van der Waals surface area contributed by atoms with Crippen molar-refractivity contribution in [3.63, 3.8) is 0 Å². The van der Waals surface area contributed by atoms with Crippen LogP contribution in [0, 0.1) is 5.05 Å². The van der Waals surface area contributed by atoms with Gasteiger partial charge >= 0.3 is 14.0 Å². The summed E-state index contributed by atoms with van der Waals surface area (Å²) in [5.74, 6) is 0. The van der Waals surface area contributed by atoms with Gasteiger partial charge in [0.2, 0.25) is 0 Å². The molecule has 0 atom stereocenters. The molecular formula is CHF3NO2SSi. The van der Waals surface area contributed by atoms with Gasteiger partial charge in [-0.05, 0) is 0 Å². The van der Waals surface area contributed by atoms with Crippen molar-refractivity contribution >= 4 is 17.7 Å². The largest absolute Gasteiger partial charge is 0.496 e. The molecule has 1 radical (unpaired) electrons. The zero-order chi connectivity index (χ0) is 7.71. The molecule has 0 spiro atoms. The smallest absolute Gasteiger partial charge is 0.333 e. The second-order valence-electron chi connectivity index (χ2n) is 1.05. The Morgan fingerprint density at radius 2 is 1.67 bits per heavy atom. The van der Waals surface area contributed by atoms with Crippen LogP contribution in [-0.2, 0) is 9.29 Å². The highest BCUT2D eigenvalue weighted by atomic mass is 32.4. The molecule has 0 bridgehead atoms. The highest BCUT2D eigenvalue weighted by Crippen LogP contribution is 2.21. The summed E-state index contributed by atoms with van der Waals surface area (Å²) in [6, 6.07) is 0. The number of nitrogens with one attached hydrogen (secondary N) is 1. The quantitative estimate of drug-likeness (QED) is 0.584. The highest BCUT2D eigenvalue weighted by Gasteiger charge is 2.44. The van der Waals surface area contributed by atoms with Crippen molar-refractivity contribution in [3.05, 3.63) is 0 Å². The zero-order valence-corrected chi connectivity index (χ0v) is 5.68. The molecule has 9 heavy (non-hydrogen) atoms. The Labute approximate surface area is 50.8 Å². The summed E-state index contributed by atoms with van der Waals surface area (Å²) in [7, 11) is -7.01. The topological polar surface area (TPSA) is 58.0 Å². The lowest BCUT2D eigenvalue weighted by Crippen LogP contribution is -2.24. The second kappa shape index (κ2) is 2.18. The molecule has 0 saturated carbocycles. The van der Waals surface area contributed by atoms with E-state index in [0.717, 1.165) is 0 Å². The summed E-state index contributed by atoms with van der Waals surface area (Å²) in [4.78, 5) is 0. The maximum atomic E-state index is 11.1. The van der Waals surface area contributed by atoms with Crippen LogP contribution >= 0.6 is 0 Å². The first-order valence-electron chi connectivity index (χ1n) is 1.56. The van der Waals surface area contributed by atoms with Gasteiger partial charge in [0.25, 0.3) is 9.29 Å². The lowest BCUT2D eigenvalue weighted by molar-refractivity contribution is -0.0413. The molecule has 0 aliphatic heterocycles. The average Bonchev–Trinajstić information content (AvgIpc) is 1.64. The van der Waals surface area contributed by atoms with Crippen LogP contribution in [0.2, 0.25) is 0 Å². The molecule has 53 valence electrons. The lowest BCUT2D eigenvalue weighted by Gasteiger charge is -1.99. The molecule has 0 aliphatic rings. The van der Waals surface area contributed by atoms with Gasteiger partial charge in [-0.15, -0.1) is 0 Å². The second-order valence-corrected chi connectivity index (χ2v) is 4.95. The van der Waals surface area contributed by atoms with E-state index < -0.39 is 23.3 Å². The molecule has 0 aromatic heterocycles. The number of hydrogen-bond acceptors (Lipinski definition) is 3. The summed E-state index contributed by atoms with van der Waals surface area (Å²) >= 11 is 0. The van der Waals surface area contributed by atoms with Crippen LogP contribution in [0.25, 0.3) is 0 Å². The van der Waals surface area contributed by atoms with E-state index in [1.54, 1.807) is 0 Å². The molecule has 3 nitrogen and oxygen atoms in total. The molecule has 8 heteroatoms. The predicted molar refractivity (Wildman–Crippen MR) is 23.4 cm³/mol. The summed E-state index contributed by atoms with van der Waals surface area (Å²) < 4.78 is 52.8. The molecule has 0 saturated heterocycles. The first kappa shape index (κ1) is 8.76. The first-order chi connectivity index (χ1) is 3.81. The van der Waals surface area contributed by atoms with Crippen LogP contribution in [0.1, 0.15) is 0 Å². The molecule has 0 rings (SSSR count). The van der Waals surface area contributed by atoms with E-state index in [2.05, 4.69) is 0 Å². The first-order valence-corrected chi connectivity index (χ1v) is 4.77. The van der Waals surface area contributed by atoms with Crippen molar-refractivity contribution in [3.8, 4) is 0 Å². The van der Waals surface area contributed by atoms with Gasteiger partial charge in [-0.25, -0.2) is 8.42 Å². The molecule has 0 aliphatic carbocycles. The average molecular weight is 176 g/mol. The van der Waals surface area contributed by atoms with Crippen LogP contribution in [0.5, 0.6) is 0 Å². The SMILES string of the molecule is N=[Si]S(=O)(=O)C(F)(F)F. The summed E-state index contributed by atoms with van der Waals surface area (Å²) in [5.41, 5.74) is -5.26. The predicted octanol–water partition coefficient (Wildman–Crippen LogP) is 0.303. The van der Waals surface area contributed by atoms with Gasteiger partial charge in [-0.1, -0.05) is 0 Å². The van der Waals surface area contributed by atoms with E-state index in [4.69, 9.17) is 5.05 Å². The highest BCUT2D eigenvalue weighted by molar-refractivity contribution is 8.14. The maximum Gasteiger partial charge on any atom is 0.496 e. The van der Waals surface area contributed by atoms with Crippen molar-refractivity contribution in [2.45, 2.75) is 5.51 Å². The van der Waals surface area contributed by atoms with Crippen LogP contribution in [0.3, 0.4) is 0 Å². The van der Waals surface area contributed by atoms with Crippen molar-refractivity contribution in [1.82, 2.24) is 0 Å². The van der Waals surface area contributed by atoms with E-state index in [0.29, 0.717) is 0 Å². The Kier molecular flexibility index (Phi) is 2.12. The van der Waals surface area contributed by atoms with E-state index in [9.17, 15) is 21.6 Å². The number of alkyl halides is 3. The van der Waals surface area contributed by atoms with Gasteiger partial charge in [-0.3, -0.25) is 0 Å². The molecule has 0 fully saturated rings. The Balaban J connectivity index is 4.79. The summed E-state index contributed by atoms with van der Waals surface area (Å²) in [5, 5.41) is 5.98. The van der Waals surface area contributed by atoms with Crippen molar-refractivity contribution in [2.24, 2.45) is 0 Å². The molecule has 0 unspecified atom stereocenters. The van der Waals surface area contributed by atoms with Gasteiger partial charge in [-0.2, -0.15) is 13.2 Å². The Bertz CT molecular complexity index is 204. The van der Waals surface area contributed by atoms with E-state index in [-0.39, 0.29) is 0 Å². The molecule has 0 aromatic carbocycles. The third-order valence-corrected chi connectivity index (χ3v) is 2.82. The lowest BCUT2D eigenvalue weighted by atomic mass is 11.6. The fourth-order valence-electron chi connectivity index (χ4n) is 0.0579. The standard InChI is InChI=1S/CHF3NO2SSi/c2-1(3,4)8(6,7)9-5/h5H. The number of rotatable bonds is 1. The minimum Gasteiger partial charge on any atom is -0.333 e. The van der Waals surface area contributed by atoms with Crippen molar-refractivity contribution in [2.75, 3.05) is 0 Å². The Hall–Kier alpha value is -0.243. The monoisotopic (exact) mass is 176 g/mol. The summed E-state index contributed by atoms with van der Waals surface area (Å²) in [6.45, 7) is 0. The molecule has 0 heterocycles. The third-order valence-electron chi connectivity index (χ3n) is 0.439. The minimum atomic E-state index is -5.26.